The van der Waals surface area contributed by atoms with E-state index in [9.17, 15) is 14.4 Å². The average molecular weight is 787 g/mol. The van der Waals surface area contributed by atoms with Crippen molar-refractivity contribution in [3.63, 3.8) is 0 Å². The van der Waals surface area contributed by atoms with E-state index in [2.05, 4.69) is 57.2 Å². The van der Waals surface area contributed by atoms with E-state index in [0.29, 0.717) is 19.3 Å². The zero-order valence-electron chi connectivity index (χ0n) is 37.2. The molecule has 0 heterocycles. The number of allylic oxidation sites excluding steroid dienone is 6. The Morgan fingerprint density at radius 2 is 0.696 bits per heavy atom. The maximum atomic E-state index is 12.7. The minimum atomic E-state index is -0.773. The van der Waals surface area contributed by atoms with Crippen molar-refractivity contribution in [1.82, 2.24) is 0 Å². The van der Waals surface area contributed by atoms with Crippen LogP contribution in [0.4, 0.5) is 0 Å². The molecule has 0 spiro atoms. The Morgan fingerprint density at radius 1 is 0.375 bits per heavy atom. The van der Waals surface area contributed by atoms with Crippen LogP contribution in [-0.2, 0) is 28.6 Å². The third-order valence-electron chi connectivity index (χ3n) is 10.4. The maximum absolute atomic E-state index is 12.7. The van der Waals surface area contributed by atoms with E-state index >= 15 is 0 Å². The number of ether oxygens (including phenoxy) is 3. The molecule has 0 aliphatic rings. The van der Waals surface area contributed by atoms with Crippen LogP contribution in [0.25, 0.3) is 0 Å². The number of rotatable bonds is 43. The van der Waals surface area contributed by atoms with Crippen LogP contribution in [0.15, 0.2) is 36.5 Å². The van der Waals surface area contributed by atoms with Crippen molar-refractivity contribution in [2.45, 2.75) is 252 Å². The van der Waals surface area contributed by atoms with E-state index in [-0.39, 0.29) is 31.1 Å². The molecular weight excluding hydrogens is 697 g/mol. The van der Waals surface area contributed by atoms with Crippen molar-refractivity contribution < 1.29 is 28.6 Å². The quantitative estimate of drug-likeness (QED) is 0.0265. The van der Waals surface area contributed by atoms with Gasteiger partial charge in [-0.2, -0.15) is 0 Å². The van der Waals surface area contributed by atoms with Crippen LogP contribution in [-0.4, -0.2) is 37.2 Å². The lowest BCUT2D eigenvalue weighted by Gasteiger charge is -2.18. The molecule has 1 atom stereocenters. The summed E-state index contributed by atoms with van der Waals surface area (Å²) in [6, 6.07) is 0. The number of carbonyl (C=O) groups is 3. The first-order valence-corrected chi connectivity index (χ1v) is 24.0. The van der Waals surface area contributed by atoms with Crippen LogP contribution in [0.5, 0.6) is 0 Å². The molecule has 0 saturated carbocycles. The largest absolute Gasteiger partial charge is 0.462 e. The molecule has 0 aliphatic carbocycles. The zero-order valence-corrected chi connectivity index (χ0v) is 37.2. The summed E-state index contributed by atoms with van der Waals surface area (Å²) in [4.78, 5) is 37.6. The van der Waals surface area contributed by atoms with Gasteiger partial charge in [0.2, 0.25) is 0 Å². The molecule has 56 heavy (non-hydrogen) atoms. The van der Waals surface area contributed by atoms with Crippen molar-refractivity contribution in [1.29, 1.82) is 0 Å². The summed E-state index contributed by atoms with van der Waals surface area (Å²) in [5, 5.41) is 0. The monoisotopic (exact) mass is 787 g/mol. The van der Waals surface area contributed by atoms with Gasteiger partial charge in [0, 0.05) is 19.3 Å². The highest BCUT2D eigenvalue weighted by Gasteiger charge is 2.19. The standard InChI is InChI=1S/C50H90O6/c1-4-7-10-13-16-18-20-22-24-25-27-28-30-32-34-37-40-43-49(52)55-46-47(45-54-48(51)42-39-36-15-12-9-6-3)56-50(53)44-41-38-35-33-31-29-26-23-21-19-17-14-11-8-5-2/h8,11,17,19,23,26,47H,4-7,9-10,12-16,18,20-22,24-25,27-46H2,1-3H3/b11-8-,19-17-,26-23-. The van der Waals surface area contributed by atoms with Gasteiger partial charge in [0.05, 0.1) is 0 Å². The summed E-state index contributed by atoms with van der Waals surface area (Å²) in [6.45, 7) is 6.46. The van der Waals surface area contributed by atoms with E-state index in [4.69, 9.17) is 14.2 Å². The van der Waals surface area contributed by atoms with Gasteiger partial charge in [0.15, 0.2) is 6.10 Å². The summed E-state index contributed by atoms with van der Waals surface area (Å²) < 4.78 is 16.7. The fraction of sp³-hybridized carbons (Fsp3) is 0.820. The molecule has 0 aromatic heterocycles. The Kier molecular flexibility index (Phi) is 43.4. The summed E-state index contributed by atoms with van der Waals surface area (Å²) in [7, 11) is 0. The summed E-state index contributed by atoms with van der Waals surface area (Å²) in [5.74, 6) is -0.897. The second kappa shape index (κ2) is 45.3. The summed E-state index contributed by atoms with van der Waals surface area (Å²) >= 11 is 0. The Bertz CT molecular complexity index is 953. The van der Waals surface area contributed by atoms with Gasteiger partial charge in [-0.3, -0.25) is 14.4 Å². The molecule has 0 rings (SSSR count). The second-order valence-corrected chi connectivity index (χ2v) is 16.0. The molecule has 0 aliphatic heterocycles. The molecule has 0 fully saturated rings. The lowest BCUT2D eigenvalue weighted by atomic mass is 10.0. The molecule has 0 amide bonds. The molecule has 0 N–H and O–H groups in total. The van der Waals surface area contributed by atoms with E-state index in [1.807, 2.05) is 0 Å². The van der Waals surface area contributed by atoms with E-state index < -0.39 is 6.10 Å². The molecule has 0 aromatic carbocycles. The Hall–Kier alpha value is -2.37. The van der Waals surface area contributed by atoms with Gasteiger partial charge in [-0.05, 0) is 51.4 Å². The molecule has 0 aromatic rings. The van der Waals surface area contributed by atoms with Crippen molar-refractivity contribution >= 4 is 17.9 Å². The number of hydrogen-bond acceptors (Lipinski definition) is 6. The van der Waals surface area contributed by atoms with Crippen molar-refractivity contribution in [3.05, 3.63) is 36.5 Å². The highest BCUT2D eigenvalue weighted by atomic mass is 16.6. The molecule has 0 radical (unpaired) electrons. The highest BCUT2D eigenvalue weighted by molar-refractivity contribution is 5.71. The third kappa shape index (κ3) is 42.8. The van der Waals surface area contributed by atoms with Crippen LogP contribution in [0.1, 0.15) is 245 Å². The minimum Gasteiger partial charge on any atom is -0.462 e. The molecule has 1 unspecified atom stereocenters. The summed E-state index contributed by atoms with van der Waals surface area (Å²) in [6.07, 6.45) is 51.5. The van der Waals surface area contributed by atoms with Crippen molar-refractivity contribution in [2.75, 3.05) is 13.2 Å². The van der Waals surface area contributed by atoms with Gasteiger partial charge in [0.1, 0.15) is 13.2 Å². The fourth-order valence-electron chi connectivity index (χ4n) is 6.81. The van der Waals surface area contributed by atoms with Gasteiger partial charge in [-0.25, -0.2) is 0 Å². The van der Waals surface area contributed by atoms with Gasteiger partial charge in [0.25, 0.3) is 0 Å². The zero-order chi connectivity index (χ0) is 40.8. The molecular formula is C50H90O6. The van der Waals surface area contributed by atoms with E-state index in [1.54, 1.807) is 0 Å². The van der Waals surface area contributed by atoms with Crippen LogP contribution < -0.4 is 0 Å². The molecule has 0 saturated heterocycles. The van der Waals surface area contributed by atoms with Crippen LogP contribution in [0.3, 0.4) is 0 Å². The maximum Gasteiger partial charge on any atom is 0.306 e. The number of unbranched alkanes of at least 4 members (excludes halogenated alkanes) is 26. The minimum absolute atomic E-state index is 0.0763. The Morgan fingerprint density at radius 3 is 1.09 bits per heavy atom. The fourth-order valence-corrected chi connectivity index (χ4v) is 6.81. The lowest BCUT2D eigenvalue weighted by Crippen LogP contribution is -2.30. The van der Waals surface area contributed by atoms with Crippen LogP contribution in [0.2, 0.25) is 0 Å². The molecule has 6 heteroatoms. The SMILES string of the molecule is CC/C=C\C/C=C\C/C=C\CCCCCCCC(=O)OC(COC(=O)CCCCCCCC)COC(=O)CCCCCCCCCCCCCCCCCCC. The van der Waals surface area contributed by atoms with Crippen LogP contribution in [0, 0.1) is 0 Å². The van der Waals surface area contributed by atoms with Crippen LogP contribution >= 0.6 is 0 Å². The second-order valence-electron chi connectivity index (χ2n) is 16.0. The smallest absolute Gasteiger partial charge is 0.306 e. The van der Waals surface area contributed by atoms with Gasteiger partial charge in [-0.1, -0.05) is 211 Å². The van der Waals surface area contributed by atoms with Gasteiger partial charge >= 0.3 is 17.9 Å². The normalized spacial score (nSPS) is 12.3. The predicted octanol–water partition coefficient (Wildman–Crippen LogP) is 15.4. The third-order valence-corrected chi connectivity index (χ3v) is 10.4. The number of carbonyl (C=O) groups excluding carboxylic acids is 3. The first-order chi connectivity index (χ1) is 27.5. The Labute approximate surface area is 346 Å². The van der Waals surface area contributed by atoms with E-state index in [1.165, 1.54) is 109 Å². The first kappa shape index (κ1) is 53.6. The first-order valence-electron chi connectivity index (χ1n) is 24.0. The topological polar surface area (TPSA) is 78.9 Å². The molecule has 0 bridgehead atoms. The van der Waals surface area contributed by atoms with Crippen molar-refractivity contribution in [2.24, 2.45) is 0 Å². The van der Waals surface area contributed by atoms with Gasteiger partial charge in [-0.15, -0.1) is 0 Å². The highest BCUT2D eigenvalue weighted by Crippen LogP contribution is 2.15. The Balaban J connectivity index is 4.23. The van der Waals surface area contributed by atoms with E-state index in [0.717, 1.165) is 96.3 Å². The summed E-state index contributed by atoms with van der Waals surface area (Å²) in [5.41, 5.74) is 0. The van der Waals surface area contributed by atoms with Crippen molar-refractivity contribution in [3.8, 4) is 0 Å². The predicted molar refractivity (Wildman–Crippen MR) is 238 cm³/mol. The average Bonchev–Trinajstić information content (AvgIpc) is 3.19. The molecule has 6 nitrogen and oxygen atoms in total. The number of esters is 3. The lowest BCUT2D eigenvalue weighted by molar-refractivity contribution is -0.167. The number of hydrogen-bond donors (Lipinski definition) is 0. The molecule has 326 valence electrons. The van der Waals surface area contributed by atoms with Gasteiger partial charge < -0.3 is 14.2 Å².